The van der Waals surface area contributed by atoms with Gasteiger partial charge in [0.05, 0.1) is 5.60 Å². The Balaban J connectivity index is 3.10. The maximum Gasteiger partial charge on any atom is 0.0909 e. The molecule has 74 valence electrons. The molecule has 1 rings (SSSR count). The van der Waals surface area contributed by atoms with Gasteiger partial charge in [-0.15, -0.1) is 5.73 Å². The van der Waals surface area contributed by atoms with E-state index in [1.165, 1.54) is 0 Å². The van der Waals surface area contributed by atoms with E-state index < -0.39 is 5.60 Å². The first-order valence-corrected chi connectivity index (χ1v) is 4.93. The van der Waals surface area contributed by atoms with Crippen molar-refractivity contribution in [2.75, 3.05) is 0 Å². The first kappa shape index (κ1) is 10.6. The van der Waals surface area contributed by atoms with Gasteiger partial charge in [-0.3, -0.25) is 0 Å². The monoisotopic (exact) mass is 180 g/mol. The second-order valence-corrected chi connectivity index (χ2v) is 5.22. The van der Waals surface area contributed by atoms with Crippen LogP contribution in [-0.2, 0) is 0 Å². The van der Waals surface area contributed by atoms with Crippen LogP contribution >= 0.6 is 0 Å². The summed E-state index contributed by atoms with van der Waals surface area (Å²) in [5, 5.41) is 10.2. The topological polar surface area (TPSA) is 20.2 Å². The molecule has 0 aromatic rings. The van der Waals surface area contributed by atoms with Crippen LogP contribution in [0, 0.1) is 11.3 Å². The molecule has 0 aromatic carbocycles. The maximum atomic E-state index is 10.2. The molecule has 1 aliphatic carbocycles. The second-order valence-electron chi connectivity index (χ2n) is 5.22. The molecule has 0 aromatic heterocycles. The van der Waals surface area contributed by atoms with Gasteiger partial charge in [0, 0.05) is 5.57 Å². The molecule has 1 heteroatoms. The minimum Gasteiger partial charge on any atom is -0.385 e. The third-order valence-corrected chi connectivity index (χ3v) is 3.00. The molecular weight excluding hydrogens is 160 g/mol. The lowest BCUT2D eigenvalue weighted by molar-refractivity contribution is 0.0178. The predicted molar refractivity (Wildman–Crippen MR) is 55.5 cm³/mol. The van der Waals surface area contributed by atoms with Gasteiger partial charge in [0.25, 0.3) is 0 Å². The Morgan fingerprint density at radius 1 is 1.38 bits per heavy atom. The maximum absolute atomic E-state index is 10.2. The molecule has 0 amide bonds. The van der Waals surface area contributed by atoms with Crippen molar-refractivity contribution in [2.45, 2.75) is 46.1 Å². The minimum absolute atomic E-state index is 0.0446. The second kappa shape index (κ2) is 3.01. The van der Waals surface area contributed by atoms with E-state index >= 15 is 0 Å². The summed E-state index contributed by atoms with van der Waals surface area (Å²) in [5.41, 5.74) is 3.23. The lowest BCUT2D eigenvalue weighted by atomic mass is 9.63. The standard InChI is InChI=1S/C12H20O/c1-6-10-11(3,4)7-9(2)8-12(10,5)13/h9,13H,1,7-8H2,2-5H3/t9?,12-/m1/s1. The van der Waals surface area contributed by atoms with Gasteiger partial charge >= 0.3 is 0 Å². The first-order valence-electron chi connectivity index (χ1n) is 4.93. The quantitative estimate of drug-likeness (QED) is 0.568. The number of rotatable bonds is 0. The fourth-order valence-electron chi connectivity index (χ4n) is 2.98. The van der Waals surface area contributed by atoms with Gasteiger partial charge in [-0.25, -0.2) is 0 Å². The highest BCUT2D eigenvalue weighted by Gasteiger charge is 2.43. The molecule has 1 fully saturated rings. The Morgan fingerprint density at radius 3 is 2.31 bits per heavy atom. The molecule has 1 N–H and O–H groups in total. The molecule has 0 heterocycles. The Bertz CT molecular complexity index is 234. The van der Waals surface area contributed by atoms with E-state index in [0.29, 0.717) is 5.92 Å². The summed E-state index contributed by atoms with van der Waals surface area (Å²) in [4.78, 5) is 0. The summed E-state index contributed by atoms with van der Waals surface area (Å²) in [6.45, 7) is 12.1. The lowest BCUT2D eigenvalue weighted by Crippen LogP contribution is -2.42. The van der Waals surface area contributed by atoms with E-state index in [0.717, 1.165) is 18.4 Å². The zero-order valence-corrected chi connectivity index (χ0v) is 9.15. The van der Waals surface area contributed by atoms with Crippen LogP contribution in [0.1, 0.15) is 40.5 Å². The van der Waals surface area contributed by atoms with Crippen molar-refractivity contribution in [3.63, 3.8) is 0 Å². The van der Waals surface area contributed by atoms with Gasteiger partial charge in [0.15, 0.2) is 0 Å². The predicted octanol–water partition coefficient (Wildman–Crippen LogP) is 2.90. The average Bonchev–Trinajstić information content (AvgIpc) is 1.79. The van der Waals surface area contributed by atoms with Crippen LogP contribution in [0.25, 0.3) is 0 Å². The highest BCUT2D eigenvalue weighted by Crippen LogP contribution is 2.47. The van der Waals surface area contributed by atoms with Crippen LogP contribution in [0.4, 0.5) is 0 Å². The summed E-state index contributed by atoms with van der Waals surface area (Å²) < 4.78 is 0. The Labute approximate surface area is 81.2 Å². The normalized spacial score (nSPS) is 38.5. The Kier molecular flexibility index (Phi) is 2.44. The molecule has 0 bridgehead atoms. The minimum atomic E-state index is -0.705. The van der Waals surface area contributed by atoms with Gasteiger partial charge in [-0.1, -0.05) is 27.4 Å². The molecule has 2 atom stereocenters. The third kappa shape index (κ3) is 1.87. The van der Waals surface area contributed by atoms with Crippen LogP contribution in [-0.4, -0.2) is 10.7 Å². The van der Waals surface area contributed by atoms with Crippen LogP contribution < -0.4 is 0 Å². The van der Waals surface area contributed by atoms with E-state index in [2.05, 4.69) is 33.1 Å². The van der Waals surface area contributed by atoms with Crippen molar-refractivity contribution in [1.29, 1.82) is 0 Å². The molecule has 13 heavy (non-hydrogen) atoms. The van der Waals surface area contributed by atoms with Gasteiger partial charge in [-0.05, 0) is 31.1 Å². The molecular formula is C12H20O. The summed E-state index contributed by atoms with van der Waals surface area (Å²) in [6, 6.07) is 0. The first-order chi connectivity index (χ1) is 5.79. The van der Waals surface area contributed by atoms with E-state index in [1.54, 1.807) is 0 Å². The Morgan fingerprint density at radius 2 is 1.92 bits per heavy atom. The van der Waals surface area contributed by atoms with Gasteiger partial charge in [0.1, 0.15) is 0 Å². The molecule has 0 radical (unpaired) electrons. The third-order valence-electron chi connectivity index (χ3n) is 3.00. The summed E-state index contributed by atoms with van der Waals surface area (Å²) in [6.07, 6.45) is 1.94. The van der Waals surface area contributed by atoms with Crippen molar-refractivity contribution in [1.82, 2.24) is 0 Å². The van der Waals surface area contributed by atoms with E-state index in [9.17, 15) is 5.11 Å². The van der Waals surface area contributed by atoms with Gasteiger partial charge in [0.2, 0.25) is 0 Å². The number of aliphatic hydroxyl groups is 1. The van der Waals surface area contributed by atoms with Gasteiger partial charge in [-0.2, -0.15) is 0 Å². The summed E-state index contributed by atoms with van der Waals surface area (Å²) in [5.74, 6) is 0.571. The van der Waals surface area contributed by atoms with E-state index in [-0.39, 0.29) is 5.41 Å². The highest BCUT2D eigenvalue weighted by molar-refractivity contribution is 5.24. The molecule has 1 aliphatic rings. The fraction of sp³-hybridized carbons (Fsp3) is 0.750. The fourth-order valence-corrected chi connectivity index (χ4v) is 2.98. The summed E-state index contributed by atoms with van der Waals surface area (Å²) in [7, 11) is 0. The van der Waals surface area contributed by atoms with Crippen LogP contribution in [0.2, 0.25) is 0 Å². The average molecular weight is 180 g/mol. The van der Waals surface area contributed by atoms with Crippen molar-refractivity contribution < 1.29 is 5.11 Å². The molecule has 1 unspecified atom stereocenters. The molecule has 1 nitrogen and oxygen atoms in total. The van der Waals surface area contributed by atoms with Crippen molar-refractivity contribution >= 4 is 0 Å². The van der Waals surface area contributed by atoms with Gasteiger partial charge < -0.3 is 5.11 Å². The van der Waals surface area contributed by atoms with Crippen molar-refractivity contribution in [3.05, 3.63) is 17.9 Å². The molecule has 0 aliphatic heterocycles. The van der Waals surface area contributed by atoms with E-state index in [4.69, 9.17) is 0 Å². The lowest BCUT2D eigenvalue weighted by Gasteiger charge is -2.44. The molecule has 0 saturated heterocycles. The largest absolute Gasteiger partial charge is 0.385 e. The number of hydrogen-bond acceptors (Lipinski definition) is 1. The number of hydrogen-bond donors (Lipinski definition) is 1. The van der Waals surface area contributed by atoms with Crippen molar-refractivity contribution in [2.24, 2.45) is 11.3 Å². The van der Waals surface area contributed by atoms with Crippen molar-refractivity contribution in [3.8, 4) is 0 Å². The highest BCUT2D eigenvalue weighted by atomic mass is 16.3. The summed E-state index contributed by atoms with van der Waals surface area (Å²) >= 11 is 0. The van der Waals surface area contributed by atoms with Crippen LogP contribution in [0.3, 0.4) is 0 Å². The zero-order valence-electron chi connectivity index (χ0n) is 9.15. The van der Waals surface area contributed by atoms with Crippen LogP contribution in [0.15, 0.2) is 17.9 Å². The van der Waals surface area contributed by atoms with E-state index in [1.807, 2.05) is 6.92 Å². The molecule has 1 saturated carbocycles. The SMILES string of the molecule is C=C=C1C(C)(C)CC(C)C[C@@]1(C)O. The van der Waals surface area contributed by atoms with Crippen LogP contribution in [0.5, 0.6) is 0 Å². The zero-order chi connectivity index (χ0) is 10.3. The Hall–Kier alpha value is -0.520. The smallest absolute Gasteiger partial charge is 0.0909 e. The molecule has 0 spiro atoms.